The summed E-state index contributed by atoms with van der Waals surface area (Å²) >= 11 is 0. The quantitative estimate of drug-likeness (QED) is 0.415. The van der Waals surface area contributed by atoms with Crippen LogP contribution in [0.2, 0.25) is 0 Å². The van der Waals surface area contributed by atoms with Crippen molar-refractivity contribution in [2.75, 3.05) is 0 Å². The molecule has 0 saturated carbocycles. The Bertz CT molecular complexity index is 985. The minimum Gasteiger partial charge on any atom is -0.321 e. The van der Waals surface area contributed by atoms with Crippen LogP contribution in [0.4, 0.5) is 0 Å². The molecule has 3 nitrogen and oxygen atoms in total. The average Bonchev–Trinajstić information content (AvgIpc) is 2.43. The topological polar surface area (TPSA) is 57.5 Å². The number of benzene rings is 4. The third kappa shape index (κ3) is 1.52. The van der Waals surface area contributed by atoms with E-state index in [1.54, 1.807) is 12.1 Å². The summed E-state index contributed by atoms with van der Waals surface area (Å²) in [5, 5.41) is 5.91. The lowest BCUT2D eigenvalue weighted by Gasteiger charge is -2.14. The van der Waals surface area contributed by atoms with Gasteiger partial charge < -0.3 is 9.79 Å². The van der Waals surface area contributed by atoms with Gasteiger partial charge in [0.2, 0.25) is 0 Å². The summed E-state index contributed by atoms with van der Waals surface area (Å²) in [4.78, 5) is 19.1. The first-order valence-electron chi connectivity index (χ1n) is 6.28. The van der Waals surface area contributed by atoms with Crippen molar-refractivity contribution in [3.8, 4) is 0 Å². The number of rotatable bonds is 1. The van der Waals surface area contributed by atoms with Crippen LogP contribution in [0, 0.1) is 0 Å². The highest BCUT2D eigenvalue weighted by molar-refractivity contribution is 7.60. The Labute approximate surface area is 115 Å². The normalized spacial score (nSPS) is 12.7. The van der Waals surface area contributed by atoms with Crippen LogP contribution in [0.5, 0.6) is 0 Å². The first kappa shape index (κ1) is 11.9. The van der Waals surface area contributed by atoms with Gasteiger partial charge in [-0.15, -0.1) is 0 Å². The molecule has 0 amide bonds. The molecule has 0 fully saturated rings. The van der Waals surface area contributed by atoms with Gasteiger partial charge >= 0.3 is 7.60 Å². The van der Waals surface area contributed by atoms with Crippen molar-refractivity contribution in [3.63, 3.8) is 0 Å². The molecule has 4 aromatic rings. The SMILES string of the molecule is O=P(O)(O)c1ccc2ccc3cccc4ccc1c2c34. The van der Waals surface area contributed by atoms with Crippen molar-refractivity contribution >= 4 is 45.2 Å². The highest BCUT2D eigenvalue weighted by Crippen LogP contribution is 2.40. The molecule has 0 aliphatic heterocycles. The Morgan fingerprint density at radius 1 is 0.700 bits per heavy atom. The van der Waals surface area contributed by atoms with Gasteiger partial charge in [-0.05, 0) is 38.4 Å². The minimum atomic E-state index is -4.28. The fourth-order valence-electron chi connectivity index (χ4n) is 2.97. The molecule has 2 N–H and O–H groups in total. The Hall–Kier alpha value is -1.93. The molecule has 0 saturated heterocycles. The molecule has 4 heteroatoms. The van der Waals surface area contributed by atoms with E-state index in [0.29, 0.717) is 5.39 Å². The second-order valence-corrected chi connectivity index (χ2v) is 6.55. The van der Waals surface area contributed by atoms with E-state index in [1.807, 2.05) is 36.4 Å². The van der Waals surface area contributed by atoms with Crippen molar-refractivity contribution < 1.29 is 14.4 Å². The molecule has 4 rings (SSSR count). The third-order valence-electron chi connectivity index (χ3n) is 3.82. The Morgan fingerprint density at radius 3 is 1.90 bits per heavy atom. The maximum atomic E-state index is 11.7. The molecule has 98 valence electrons. The fraction of sp³-hybridized carbons (Fsp3) is 0. The first-order valence-corrected chi connectivity index (χ1v) is 7.89. The van der Waals surface area contributed by atoms with Crippen LogP contribution in [0.3, 0.4) is 0 Å². The van der Waals surface area contributed by atoms with E-state index >= 15 is 0 Å². The molecule has 0 heterocycles. The summed E-state index contributed by atoms with van der Waals surface area (Å²) in [6, 6.07) is 17.1. The highest BCUT2D eigenvalue weighted by atomic mass is 31.2. The van der Waals surface area contributed by atoms with Crippen LogP contribution >= 0.6 is 7.60 Å². The van der Waals surface area contributed by atoms with Crippen LogP contribution in [0.15, 0.2) is 54.6 Å². The van der Waals surface area contributed by atoms with Crippen molar-refractivity contribution in [2.45, 2.75) is 0 Å². The zero-order valence-electron chi connectivity index (χ0n) is 10.4. The van der Waals surface area contributed by atoms with E-state index in [0.717, 1.165) is 26.9 Å². The molecular formula is C16H11O3P. The first-order chi connectivity index (χ1) is 9.55. The molecule has 20 heavy (non-hydrogen) atoms. The molecule has 0 radical (unpaired) electrons. The van der Waals surface area contributed by atoms with Crippen molar-refractivity contribution in [2.24, 2.45) is 0 Å². The molecular weight excluding hydrogens is 271 g/mol. The lowest BCUT2D eigenvalue weighted by atomic mass is 9.94. The summed E-state index contributed by atoms with van der Waals surface area (Å²) in [6.45, 7) is 0. The van der Waals surface area contributed by atoms with Gasteiger partial charge in [-0.2, -0.15) is 0 Å². The zero-order chi connectivity index (χ0) is 13.9. The van der Waals surface area contributed by atoms with Gasteiger partial charge in [0, 0.05) is 0 Å². The van der Waals surface area contributed by atoms with E-state index in [4.69, 9.17) is 0 Å². The second-order valence-electron chi connectivity index (χ2n) is 4.98. The minimum absolute atomic E-state index is 0.100. The van der Waals surface area contributed by atoms with Crippen LogP contribution in [-0.2, 0) is 4.57 Å². The van der Waals surface area contributed by atoms with Crippen molar-refractivity contribution in [3.05, 3.63) is 54.6 Å². The fourth-order valence-corrected chi connectivity index (χ4v) is 3.74. The van der Waals surface area contributed by atoms with Gasteiger partial charge in [-0.25, -0.2) is 0 Å². The molecule has 0 atom stereocenters. The van der Waals surface area contributed by atoms with Gasteiger partial charge in [-0.1, -0.05) is 48.5 Å². The van der Waals surface area contributed by atoms with E-state index in [9.17, 15) is 14.4 Å². The molecule has 0 aliphatic carbocycles. The predicted octanol–water partition coefficient (Wildman–Crippen LogP) is 3.39. The maximum Gasteiger partial charge on any atom is 0.356 e. The van der Waals surface area contributed by atoms with Crippen LogP contribution < -0.4 is 5.30 Å². The van der Waals surface area contributed by atoms with Crippen LogP contribution in [0.25, 0.3) is 32.3 Å². The predicted molar refractivity (Wildman–Crippen MR) is 81.8 cm³/mol. The summed E-state index contributed by atoms with van der Waals surface area (Å²) < 4.78 is 11.7. The molecule has 0 aromatic heterocycles. The van der Waals surface area contributed by atoms with Gasteiger partial charge in [0.25, 0.3) is 0 Å². The molecule has 0 bridgehead atoms. The summed E-state index contributed by atoms with van der Waals surface area (Å²) in [5.74, 6) is 0. The maximum absolute atomic E-state index is 11.7. The standard InChI is InChI=1S/C16H11O3P/c17-20(18,19)14-9-7-12-5-4-10-2-1-3-11-6-8-13(14)16(12)15(10)11/h1-9H,(H2,17,18,19). The average molecular weight is 282 g/mol. The van der Waals surface area contributed by atoms with Gasteiger partial charge in [0.1, 0.15) is 0 Å². The molecule has 4 aromatic carbocycles. The second kappa shape index (κ2) is 3.80. The third-order valence-corrected chi connectivity index (χ3v) is 4.84. The van der Waals surface area contributed by atoms with E-state index in [-0.39, 0.29) is 5.30 Å². The van der Waals surface area contributed by atoms with E-state index in [2.05, 4.69) is 0 Å². The smallest absolute Gasteiger partial charge is 0.321 e. The monoisotopic (exact) mass is 282 g/mol. The largest absolute Gasteiger partial charge is 0.356 e. The van der Waals surface area contributed by atoms with E-state index in [1.165, 1.54) is 6.07 Å². The summed E-state index contributed by atoms with van der Waals surface area (Å²) in [6.07, 6.45) is 0. The molecule has 0 aliphatic rings. The number of hydrogen-bond acceptors (Lipinski definition) is 1. The Kier molecular flexibility index (Phi) is 2.25. The number of hydrogen-bond donors (Lipinski definition) is 2. The summed E-state index contributed by atoms with van der Waals surface area (Å²) in [5.41, 5.74) is 0. The zero-order valence-corrected chi connectivity index (χ0v) is 11.3. The van der Waals surface area contributed by atoms with Gasteiger partial charge in [-0.3, -0.25) is 4.57 Å². The summed E-state index contributed by atoms with van der Waals surface area (Å²) in [7, 11) is -4.28. The van der Waals surface area contributed by atoms with Crippen molar-refractivity contribution in [1.82, 2.24) is 0 Å². The Balaban J connectivity index is 2.36. The van der Waals surface area contributed by atoms with Crippen LogP contribution in [-0.4, -0.2) is 9.79 Å². The van der Waals surface area contributed by atoms with Gasteiger partial charge in [0.15, 0.2) is 0 Å². The lowest BCUT2D eigenvalue weighted by Crippen LogP contribution is -2.05. The lowest BCUT2D eigenvalue weighted by molar-refractivity contribution is 0.388. The van der Waals surface area contributed by atoms with Gasteiger partial charge in [0.05, 0.1) is 5.30 Å². The van der Waals surface area contributed by atoms with Crippen molar-refractivity contribution in [1.29, 1.82) is 0 Å². The molecule has 0 spiro atoms. The molecule has 0 unspecified atom stereocenters. The Morgan fingerprint density at radius 2 is 1.25 bits per heavy atom. The highest BCUT2D eigenvalue weighted by Gasteiger charge is 2.21. The van der Waals surface area contributed by atoms with E-state index < -0.39 is 7.60 Å². The van der Waals surface area contributed by atoms with Crippen LogP contribution in [0.1, 0.15) is 0 Å².